The molecule has 4 heteroatoms. The van der Waals surface area contributed by atoms with Crippen LogP contribution in [0.3, 0.4) is 0 Å². The molecule has 4 nitrogen and oxygen atoms in total. The Labute approximate surface area is 177 Å². The number of quaternary nitrogens is 1. The number of para-hydroxylation sites is 2. The van der Waals surface area contributed by atoms with Gasteiger partial charge in [0, 0.05) is 27.5 Å². The predicted molar refractivity (Wildman–Crippen MR) is 124 cm³/mol. The minimum absolute atomic E-state index is 0.356. The highest BCUT2D eigenvalue weighted by Gasteiger charge is 2.23. The minimum atomic E-state index is -0.356. The van der Waals surface area contributed by atoms with Crippen LogP contribution in [0.4, 0.5) is 5.69 Å². The second kappa shape index (κ2) is 8.13. The van der Waals surface area contributed by atoms with E-state index in [2.05, 4.69) is 89.2 Å². The van der Waals surface area contributed by atoms with Crippen molar-refractivity contribution in [3.8, 4) is 0 Å². The first-order valence-electron chi connectivity index (χ1n) is 11.0. The SMILES string of the molecule is Cc1ccc(N2CC[NH+](C[C@@H](O)Cn3c4ccccc4c4ccccc43)CC2)cc1. The summed E-state index contributed by atoms with van der Waals surface area (Å²) in [6, 6.07) is 25.8. The Hall–Kier alpha value is -2.82. The van der Waals surface area contributed by atoms with Crippen molar-refractivity contribution in [1.82, 2.24) is 4.57 Å². The fraction of sp³-hybridized carbons (Fsp3) is 0.308. The maximum absolute atomic E-state index is 11.0. The maximum Gasteiger partial charge on any atom is 0.121 e. The summed E-state index contributed by atoms with van der Waals surface area (Å²) in [4.78, 5) is 3.95. The van der Waals surface area contributed by atoms with Gasteiger partial charge in [-0.05, 0) is 31.2 Å². The van der Waals surface area contributed by atoms with Gasteiger partial charge >= 0.3 is 0 Å². The molecule has 0 radical (unpaired) electrons. The van der Waals surface area contributed by atoms with E-state index in [0.29, 0.717) is 6.54 Å². The molecule has 4 aromatic rings. The number of nitrogens with zero attached hydrogens (tertiary/aromatic N) is 2. The Bertz CT molecular complexity index is 1090. The van der Waals surface area contributed by atoms with Crippen molar-refractivity contribution in [2.24, 2.45) is 0 Å². The van der Waals surface area contributed by atoms with Gasteiger partial charge < -0.3 is 19.5 Å². The van der Waals surface area contributed by atoms with E-state index in [-0.39, 0.29) is 6.10 Å². The number of hydrogen-bond donors (Lipinski definition) is 2. The van der Waals surface area contributed by atoms with Crippen LogP contribution in [0.1, 0.15) is 5.56 Å². The van der Waals surface area contributed by atoms with Gasteiger partial charge in [0.15, 0.2) is 0 Å². The van der Waals surface area contributed by atoms with Crippen molar-refractivity contribution < 1.29 is 10.0 Å². The molecule has 154 valence electrons. The zero-order valence-electron chi connectivity index (χ0n) is 17.6. The van der Waals surface area contributed by atoms with Crippen LogP contribution in [0.2, 0.25) is 0 Å². The molecule has 2 heterocycles. The van der Waals surface area contributed by atoms with Crippen LogP contribution in [-0.4, -0.2) is 48.5 Å². The Morgan fingerprint density at radius 2 is 1.40 bits per heavy atom. The third-order valence-corrected chi connectivity index (χ3v) is 6.47. The summed E-state index contributed by atoms with van der Waals surface area (Å²) in [7, 11) is 0. The number of aliphatic hydroxyl groups excluding tert-OH is 1. The Morgan fingerprint density at radius 3 is 2.00 bits per heavy atom. The van der Waals surface area contributed by atoms with E-state index in [1.807, 2.05) is 0 Å². The standard InChI is InChI=1S/C26H29N3O/c1-20-10-12-21(13-11-20)28-16-14-27(15-17-28)18-22(30)19-29-25-8-4-2-6-23(25)24-7-3-5-9-26(24)29/h2-13,22,30H,14-19H2,1H3/p+1/t22-/m1/s1. The number of nitrogens with one attached hydrogen (secondary N) is 1. The van der Waals surface area contributed by atoms with Gasteiger partial charge in [-0.25, -0.2) is 0 Å². The lowest BCUT2D eigenvalue weighted by Gasteiger charge is -2.34. The molecule has 5 rings (SSSR count). The van der Waals surface area contributed by atoms with Crippen molar-refractivity contribution in [3.05, 3.63) is 78.4 Å². The first-order chi connectivity index (χ1) is 14.7. The largest absolute Gasteiger partial charge is 0.385 e. The topological polar surface area (TPSA) is 32.8 Å². The third-order valence-electron chi connectivity index (χ3n) is 6.47. The smallest absolute Gasteiger partial charge is 0.121 e. The molecular weight excluding hydrogens is 370 g/mol. The maximum atomic E-state index is 11.0. The van der Waals surface area contributed by atoms with E-state index >= 15 is 0 Å². The summed E-state index contributed by atoms with van der Waals surface area (Å²) in [5.41, 5.74) is 5.02. The molecule has 3 aromatic carbocycles. The zero-order chi connectivity index (χ0) is 20.5. The number of benzene rings is 3. The lowest BCUT2D eigenvalue weighted by Crippen LogP contribution is -3.15. The average molecular weight is 401 g/mol. The van der Waals surface area contributed by atoms with Gasteiger partial charge in [0.05, 0.1) is 32.7 Å². The number of anilines is 1. The first kappa shape index (κ1) is 19.2. The first-order valence-corrected chi connectivity index (χ1v) is 11.0. The van der Waals surface area contributed by atoms with Gasteiger partial charge in [-0.3, -0.25) is 0 Å². The van der Waals surface area contributed by atoms with Gasteiger partial charge in [0.2, 0.25) is 0 Å². The van der Waals surface area contributed by atoms with Gasteiger partial charge in [-0.1, -0.05) is 54.1 Å². The predicted octanol–water partition coefficient (Wildman–Crippen LogP) is 2.87. The van der Waals surface area contributed by atoms with E-state index in [4.69, 9.17) is 0 Å². The van der Waals surface area contributed by atoms with Crippen LogP contribution in [0.25, 0.3) is 21.8 Å². The molecule has 1 aromatic heterocycles. The summed E-state index contributed by atoms with van der Waals surface area (Å²) in [6.07, 6.45) is -0.356. The Kier molecular flexibility index (Phi) is 5.19. The summed E-state index contributed by atoms with van der Waals surface area (Å²) in [6.45, 7) is 7.78. The van der Waals surface area contributed by atoms with Crippen LogP contribution in [0.5, 0.6) is 0 Å². The quantitative estimate of drug-likeness (QED) is 0.540. The molecule has 0 spiro atoms. The van der Waals surface area contributed by atoms with Crippen LogP contribution >= 0.6 is 0 Å². The lowest BCUT2D eigenvalue weighted by molar-refractivity contribution is -0.903. The molecule has 0 bridgehead atoms. The van der Waals surface area contributed by atoms with Crippen molar-refractivity contribution in [3.63, 3.8) is 0 Å². The number of aryl methyl sites for hydroxylation is 1. The van der Waals surface area contributed by atoms with Crippen LogP contribution in [0, 0.1) is 6.92 Å². The van der Waals surface area contributed by atoms with E-state index in [9.17, 15) is 5.11 Å². The highest BCUT2D eigenvalue weighted by molar-refractivity contribution is 6.07. The van der Waals surface area contributed by atoms with Crippen LogP contribution in [-0.2, 0) is 6.54 Å². The summed E-state index contributed by atoms with van der Waals surface area (Å²) >= 11 is 0. The highest BCUT2D eigenvalue weighted by Crippen LogP contribution is 2.28. The molecule has 1 aliphatic rings. The van der Waals surface area contributed by atoms with Crippen molar-refractivity contribution >= 4 is 27.5 Å². The summed E-state index contributed by atoms with van der Waals surface area (Å²) in [5, 5.41) is 13.5. The second-order valence-corrected chi connectivity index (χ2v) is 8.58. The van der Waals surface area contributed by atoms with Gasteiger partial charge in [-0.15, -0.1) is 0 Å². The molecule has 1 atom stereocenters. The number of aromatic nitrogens is 1. The second-order valence-electron chi connectivity index (χ2n) is 8.58. The molecule has 1 fully saturated rings. The Balaban J connectivity index is 1.26. The molecule has 1 saturated heterocycles. The fourth-order valence-electron chi connectivity index (χ4n) is 4.85. The van der Waals surface area contributed by atoms with Crippen molar-refractivity contribution in [1.29, 1.82) is 0 Å². The van der Waals surface area contributed by atoms with Crippen molar-refractivity contribution in [2.75, 3.05) is 37.6 Å². The van der Waals surface area contributed by atoms with Crippen molar-refractivity contribution in [2.45, 2.75) is 19.6 Å². The zero-order valence-corrected chi connectivity index (χ0v) is 17.6. The molecular formula is C26H30N3O+. The van der Waals surface area contributed by atoms with E-state index in [1.165, 1.54) is 38.0 Å². The molecule has 30 heavy (non-hydrogen) atoms. The normalized spacial score (nSPS) is 16.4. The Morgan fingerprint density at radius 1 is 0.833 bits per heavy atom. The summed E-state index contributed by atoms with van der Waals surface area (Å²) < 4.78 is 2.29. The van der Waals surface area contributed by atoms with E-state index in [1.54, 1.807) is 0 Å². The number of piperazine rings is 1. The number of fused-ring (bicyclic) bond motifs is 3. The van der Waals surface area contributed by atoms with E-state index < -0.39 is 0 Å². The van der Waals surface area contributed by atoms with Gasteiger partial charge in [0.1, 0.15) is 12.6 Å². The average Bonchev–Trinajstić information content (AvgIpc) is 3.09. The number of aliphatic hydroxyl groups is 1. The third kappa shape index (κ3) is 3.69. The lowest BCUT2D eigenvalue weighted by atomic mass is 10.2. The highest BCUT2D eigenvalue weighted by atomic mass is 16.3. The van der Waals surface area contributed by atoms with E-state index in [0.717, 1.165) is 32.7 Å². The molecule has 0 amide bonds. The minimum Gasteiger partial charge on any atom is -0.385 e. The molecule has 0 unspecified atom stereocenters. The molecule has 0 aliphatic carbocycles. The number of hydrogen-bond acceptors (Lipinski definition) is 2. The van der Waals surface area contributed by atoms with Gasteiger partial charge in [0.25, 0.3) is 0 Å². The molecule has 0 saturated carbocycles. The molecule has 2 N–H and O–H groups in total. The summed E-state index contributed by atoms with van der Waals surface area (Å²) in [5.74, 6) is 0. The monoisotopic (exact) mass is 400 g/mol. The van der Waals surface area contributed by atoms with Gasteiger partial charge in [-0.2, -0.15) is 0 Å². The number of rotatable bonds is 5. The molecule has 1 aliphatic heterocycles. The van der Waals surface area contributed by atoms with Crippen LogP contribution in [0.15, 0.2) is 72.8 Å². The fourth-order valence-corrected chi connectivity index (χ4v) is 4.85. The van der Waals surface area contributed by atoms with Crippen LogP contribution < -0.4 is 9.80 Å².